The van der Waals surface area contributed by atoms with Gasteiger partial charge in [0.1, 0.15) is 0 Å². The van der Waals surface area contributed by atoms with E-state index in [1.165, 1.54) is 0 Å². The summed E-state index contributed by atoms with van der Waals surface area (Å²) in [5.41, 5.74) is 7.30. The van der Waals surface area contributed by atoms with Crippen molar-refractivity contribution in [2.45, 2.75) is 6.42 Å². The third-order valence-electron chi connectivity index (χ3n) is 2.41. The molecule has 1 heterocycles. The molecular formula is C11H10BrN3O2. The Morgan fingerprint density at radius 2 is 2.29 bits per heavy atom. The average molecular weight is 296 g/mol. The van der Waals surface area contributed by atoms with Crippen molar-refractivity contribution in [1.29, 1.82) is 0 Å². The van der Waals surface area contributed by atoms with Gasteiger partial charge in [0.2, 0.25) is 11.8 Å². The minimum atomic E-state index is -0.561. The van der Waals surface area contributed by atoms with E-state index in [1.807, 2.05) is 6.07 Å². The molecule has 1 aliphatic carbocycles. The van der Waals surface area contributed by atoms with Crippen LogP contribution in [0.3, 0.4) is 0 Å². The van der Waals surface area contributed by atoms with E-state index in [2.05, 4.69) is 26.2 Å². The van der Waals surface area contributed by atoms with Gasteiger partial charge in [-0.3, -0.25) is 14.6 Å². The molecule has 1 aliphatic rings. The van der Waals surface area contributed by atoms with Crippen molar-refractivity contribution in [3.63, 3.8) is 0 Å². The van der Waals surface area contributed by atoms with E-state index < -0.39 is 5.91 Å². The van der Waals surface area contributed by atoms with Gasteiger partial charge in [-0.05, 0) is 12.1 Å². The number of carbonyl (C=O) groups excluding carboxylic acids is 2. The first-order chi connectivity index (χ1) is 8.08. The van der Waals surface area contributed by atoms with Crippen LogP contribution in [0.15, 0.2) is 22.3 Å². The van der Waals surface area contributed by atoms with Gasteiger partial charge in [0.15, 0.2) is 0 Å². The van der Waals surface area contributed by atoms with Crippen LogP contribution < -0.4 is 11.1 Å². The Kier molecular flexibility index (Phi) is 3.23. The maximum atomic E-state index is 11.7. The lowest BCUT2D eigenvalue weighted by Crippen LogP contribution is -2.34. The SMILES string of the molecule is NC(=O)CNC(=O)C1=Cc2c(Br)ccnc2C1. The zero-order valence-corrected chi connectivity index (χ0v) is 10.5. The second-order valence-electron chi connectivity index (χ2n) is 3.65. The van der Waals surface area contributed by atoms with Gasteiger partial charge in [0, 0.05) is 28.2 Å². The summed E-state index contributed by atoms with van der Waals surface area (Å²) in [6.07, 6.45) is 3.92. The number of primary amides is 1. The van der Waals surface area contributed by atoms with Gasteiger partial charge >= 0.3 is 0 Å². The molecule has 0 aromatic carbocycles. The normalized spacial score (nSPS) is 12.9. The van der Waals surface area contributed by atoms with E-state index in [4.69, 9.17) is 5.73 Å². The molecule has 6 heteroatoms. The summed E-state index contributed by atoms with van der Waals surface area (Å²) >= 11 is 3.40. The van der Waals surface area contributed by atoms with Crippen molar-refractivity contribution in [3.05, 3.63) is 33.6 Å². The number of hydrogen-bond acceptors (Lipinski definition) is 3. The summed E-state index contributed by atoms with van der Waals surface area (Å²) in [4.78, 5) is 26.5. The molecule has 3 N–H and O–H groups in total. The molecule has 5 nitrogen and oxygen atoms in total. The Balaban J connectivity index is 2.12. The summed E-state index contributed by atoms with van der Waals surface area (Å²) in [7, 11) is 0. The molecule has 0 saturated heterocycles. The predicted molar refractivity (Wildman–Crippen MR) is 65.8 cm³/mol. The van der Waals surface area contributed by atoms with Crippen LogP contribution in [0.5, 0.6) is 0 Å². The number of hydrogen-bond donors (Lipinski definition) is 2. The number of aromatic nitrogens is 1. The summed E-state index contributed by atoms with van der Waals surface area (Å²) in [6.45, 7) is -0.152. The highest BCUT2D eigenvalue weighted by Gasteiger charge is 2.21. The van der Waals surface area contributed by atoms with Crippen LogP contribution in [0.4, 0.5) is 0 Å². The van der Waals surface area contributed by atoms with Crippen LogP contribution in [0, 0.1) is 0 Å². The van der Waals surface area contributed by atoms with E-state index in [0.29, 0.717) is 12.0 Å². The molecule has 88 valence electrons. The molecule has 0 aliphatic heterocycles. The van der Waals surface area contributed by atoms with Crippen molar-refractivity contribution in [2.75, 3.05) is 6.54 Å². The largest absolute Gasteiger partial charge is 0.368 e. The van der Waals surface area contributed by atoms with E-state index in [9.17, 15) is 9.59 Å². The number of nitrogens with one attached hydrogen (secondary N) is 1. The quantitative estimate of drug-likeness (QED) is 0.846. The first kappa shape index (κ1) is 11.8. The van der Waals surface area contributed by atoms with Gasteiger partial charge < -0.3 is 11.1 Å². The fourth-order valence-electron chi connectivity index (χ4n) is 1.62. The first-order valence-corrected chi connectivity index (χ1v) is 5.77. The number of rotatable bonds is 3. The number of pyridine rings is 1. The molecule has 0 atom stereocenters. The summed E-state index contributed by atoms with van der Waals surface area (Å²) < 4.78 is 0.903. The number of fused-ring (bicyclic) bond motifs is 1. The van der Waals surface area contributed by atoms with Gasteiger partial charge in [0.25, 0.3) is 0 Å². The van der Waals surface area contributed by atoms with Crippen molar-refractivity contribution < 1.29 is 9.59 Å². The van der Waals surface area contributed by atoms with Crippen molar-refractivity contribution in [3.8, 4) is 0 Å². The third-order valence-corrected chi connectivity index (χ3v) is 3.10. The molecule has 2 rings (SSSR count). The molecule has 0 unspecified atom stereocenters. The molecule has 0 fully saturated rings. The maximum absolute atomic E-state index is 11.7. The van der Waals surface area contributed by atoms with Gasteiger partial charge in [-0.25, -0.2) is 0 Å². The van der Waals surface area contributed by atoms with E-state index in [1.54, 1.807) is 12.3 Å². The van der Waals surface area contributed by atoms with Crippen molar-refractivity contribution in [1.82, 2.24) is 10.3 Å². The Morgan fingerprint density at radius 3 is 2.94 bits per heavy atom. The molecule has 2 amide bonds. The summed E-state index contributed by atoms with van der Waals surface area (Å²) in [5.74, 6) is -0.845. The Labute approximate surface area is 106 Å². The number of carbonyl (C=O) groups is 2. The van der Waals surface area contributed by atoms with Crippen molar-refractivity contribution >= 4 is 33.8 Å². The monoisotopic (exact) mass is 295 g/mol. The fraction of sp³-hybridized carbons (Fsp3) is 0.182. The van der Waals surface area contributed by atoms with Gasteiger partial charge in [-0.2, -0.15) is 0 Å². The standard InChI is InChI=1S/C11H10BrN3O2/c12-8-1-2-14-9-4-6(3-7(8)9)11(17)15-5-10(13)16/h1-3H,4-5H2,(H2,13,16)(H,15,17). The average Bonchev–Trinajstić information content (AvgIpc) is 2.71. The van der Waals surface area contributed by atoms with E-state index in [0.717, 1.165) is 15.7 Å². The zero-order chi connectivity index (χ0) is 12.4. The number of amides is 2. The Hall–Kier alpha value is -1.69. The number of halogens is 1. The van der Waals surface area contributed by atoms with Gasteiger partial charge in [-0.15, -0.1) is 0 Å². The minimum Gasteiger partial charge on any atom is -0.368 e. The predicted octanol–water partition coefficient (Wildman–Crippen LogP) is 0.385. The lowest BCUT2D eigenvalue weighted by Gasteiger charge is -2.02. The molecule has 1 aromatic rings. The smallest absolute Gasteiger partial charge is 0.248 e. The molecule has 0 saturated carbocycles. The van der Waals surface area contributed by atoms with Gasteiger partial charge in [0.05, 0.1) is 12.2 Å². The molecule has 0 bridgehead atoms. The van der Waals surface area contributed by atoms with E-state index in [-0.39, 0.29) is 12.5 Å². The molecular weight excluding hydrogens is 286 g/mol. The topological polar surface area (TPSA) is 85.1 Å². The van der Waals surface area contributed by atoms with Crippen LogP contribution in [-0.4, -0.2) is 23.3 Å². The first-order valence-electron chi connectivity index (χ1n) is 4.98. The highest BCUT2D eigenvalue weighted by atomic mass is 79.9. The summed E-state index contributed by atoms with van der Waals surface area (Å²) in [6, 6.07) is 1.82. The summed E-state index contributed by atoms with van der Waals surface area (Å²) in [5, 5.41) is 2.45. The fourth-order valence-corrected chi connectivity index (χ4v) is 2.08. The molecule has 0 radical (unpaired) electrons. The van der Waals surface area contributed by atoms with Crippen LogP contribution in [0.2, 0.25) is 0 Å². The molecule has 0 spiro atoms. The minimum absolute atomic E-state index is 0.152. The zero-order valence-electron chi connectivity index (χ0n) is 8.87. The second-order valence-corrected chi connectivity index (χ2v) is 4.50. The number of nitrogens with two attached hydrogens (primary N) is 1. The Morgan fingerprint density at radius 1 is 1.53 bits per heavy atom. The second kappa shape index (κ2) is 4.67. The lowest BCUT2D eigenvalue weighted by atomic mass is 10.2. The van der Waals surface area contributed by atoms with Crippen LogP contribution in [-0.2, 0) is 16.0 Å². The number of nitrogens with zero attached hydrogens (tertiary/aromatic N) is 1. The van der Waals surface area contributed by atoms with Crippen LogP contribution in [0.25, 0.3) is 6.08 Å². The highest BCUT2D eigenvalue weighted by molar-refractivity contribution is 9.10. The highest BCUT2D eigenvalue weighted by Crippen LogP contribution is 2.29. The lowest BCUT2D eigenvalue weighted by molar-refractivity contribution is -0.122. The maximum Gasteiger partial charge on any atom is 0.248 e. The van der Waals surface area contributed by atoms with Crippen LogP contribution >= 0.6 is 15.9 Å². The molecule has 1 aromatic heterocycles. The Bertz CT molecular complexity index is 525. The van der Waals surface area contributed by atoms with Gasteiger partial charge in [-0.1, -0.05) is 15.9 Å². The van der Waals surface area contributed by atoms with Crippen molar-refractivity contribution in [2.24, 2.45) is 5.73 Å². The third kappa shape index (κ3) is 2.52. The van der Waals surface area contributed by atoms with Crippen LogP contribution in [0.1, 0.15) is 11.3 Å². The molecule has 17 heavy (non-hydrogen) atoms. The van der Waals surface area contributed by atoms with E-state index >= 15 is 0 Å².